The van der Waals surface area contributed by atoms with Crippen molar-refractivity contribution in [1.82, 2.24) is 16.0 Å². The average Bonchev–Trinajstić information content (AvgIpc) is 2.86. The molecule has 2 aromatic rings. The second-order valence-electron chi connectivity index (χ2n) is 9.41. The molecule has 14 heteroatoms. The molecule has 1 aliphatic rings. The van der Waals surface area contributed by atoms with E-state index < -0.39 is 71.2 Å². The summed E-state index contributed by atoms with van der Waals surface area (Å²) in [5, 5.41) is 15.2. The molecule has 0 radical (unpaired) electrons. The Bertz CT molecular complexity index is 1210. The number of halogens is 7. The molecule has 1 saturated carbocycles. The van der Waals surface area contributed by atoms with E-state index in [0.29, 0.717) is 12.1 Å². The standard InChI is InChI=1S/C26H27F7N4O3/c27-16-10-19(29)17(20(30)11-16)12-23(38)37-25(34)36-21(8-14-4-2-1-3-5-14)24(39)35-13-15-6-7-18(28)22(9-15)40-26(31,32)33/h6-7,9-11,14,21H,1-5,8,12-13H2,(H,35,39)(H3,34,36,37,38)/t21-/m1/s1. The molecule has 1 atom stereocenters. The first kappa shape index (κ1) is 30.7. The van der Waals surface area contributed by atoms with E-state index in [-0.39, 0.29) is 24.4 Å². The van der Waals surface area contributed by atoms with Crippen molar-refractivity contribution in [3.8, 4) is 5.75 Å². The molecule has 0 heterocycles. The van der Waals surface area contributed by atoms with Crippen LogP contribution < -0.4 is 20.7 Å². The van der Waals surface area contributed by atoms with Gasteiger partial charge in [0, 0.05) is 24.2 Å². The minimum absolute atomic E-state index is 0.108. The van der Waals surface area contributed by atoms with Crippen molar-refractivity contribution in [1.29, 1.82) is 5.41 Å². The number of carbonyl (C=O) groups is 2. The highest BCUT2D eigenvalue weighted by molar-refractivity contribution is 5.98. The maximum absolute atomic E-state index is 13.9. The average molecular weight is 577 g/mol. The Hall–Kier alpha value is -3.84. The van der Waals surface area contributed by atoms with Crippen molar-refractivity contribution in [3.05, 3.63) is 64.7 Å². The first-order chi connectivity index (χ1) is 18.8. The van der Waals surface area contributed by atoms with E-state index in [9.17, 15) is 40.3 Å². The van der Waals surface area contributed by atoms with Gasteiger partial charge in [0.05, 0.1) is 6.42 Å². The summed E-state index contributed by atoms with van der Waals surface area (Å²) in [7, 11) is 0. The van der Waals surface area contributed by atoms with Crippen LogP contribution in [-0.4, -0.2) is 30.2 Å². The second kappa shape index (κ2) is 13.5. The van der Waals surface area contributed by atoms with Crippen LogP contribution in [0.2, 0.25) is 0 Å². The predicted molar refractivity (Wildman–Crippen MR) is 129 cm³/mol. The van der Waals surface area contributed by atoms with Gasteiger partial charge in [0.15, 0.2) is 17.5 Å². The van der Waals surface area contributed by atoms with Crippen LogP contribution in [0, 0.1) is 34.6 Å². The van der Waals surface area contributed by atoms with Crippen molar-refractivity contribution >= 4 is 17.8 Å². The van der Waals surface area contributed by atoms with Gasteiger partial charge in [0.25, 0.3) is 0 Å². The molecule has 0 unspecified atom stereocenters. The van der Waals surface area contributed by atoms with Crippen LogP contribution in [0.15, 0.2) is 30.3 Å². The van der Waals surface area contributed by atoms with E-state index in [1.54, 1.807) is 0 Å². The summed E-state index contributed by atoms with van der Waals surface area (Å²) in [5.41, 5.74) is -0.589. The fraction of sp³-hybridized carbons (Fsp3) is 0.423. The van der Waals surface area contributed by atoms with Crippen molar-refractivity contribution in [2.24, 2.45) is 5.92 Å². The molecule has 3 rings (SSSR count). The summed E-state index contributed by atoms with van der Waals surface area (Å²) < 4.78 is 95.7. The SMILES string of the molecule is N=C(NC(=O)Cc1c(F)cc(F)cc1F)N[C@H](CC1CCCCC1)C(=O)NCc1ccc(F)c(OC(F)(F)F)c1. The Morgan fingerprint density at radius 3 is 2.25 bits per heavy atom. The summed E-state index contributed by atoms with van der Waals surface area (Å²) >= 11 is 0. The van der Waals surface area contributed by atoms with Gasteiger partial charge in [-0.25, -0.2) is 17.6 Å². The molecule has 0 aliphatic heterocycles. The lowest BCUT2D eigenvalue weighted by Crippen LogP contribution is -2.52. The van der Waals surface area contributed by atoms with Gasteiger partial charge in [-0.3, -0.25) is 20.3 Å². The summed E-state index contributed by atoms with van der Waals surface area (Å²) in [6.45, 7) is -0.293. The van der Waals surface area contributed by atoms with Crippen molar-refractivity contribution in [2.45, 2.75) is 63.9 Å². The number of amides is 2. The number of hydrogen-bond donors (Lipinski definition) is 4. The van der Waals surface area contributed by atoms with Crippen LogP contribution in [0.3, 0.4) is 0 Å². The number of carbonyl (C=O) groups excluding carboxylic acids is 2. The highest BCUT2D eigenvalue weighted by Crippen LogP contribution is 2.28. The zero-order valence-electron chi connectivity index (χ0n) is 21.1. The lowest BCUT2D eigenvalue weighted by molar-refractivity contribution is -0.275. The van der Waals surface area contributed by atoms with Gasteiger partial charge in [-0.15, -0.1) is 13.2 Å². The van der Waals surface area contributed by atoms with E-state index in [4.69, 9.17) is 5.41 Å². The molecule has 0 bridgehead atoms. The fourth-order valence-corrected chi connectivity index (χ4v) is 4.46. The molecule has 0 aromatic heterocycles. The van der Waals surface area contributed by atoms with Crippen LogP contribution in [0.25, 0.3) is 0 Å². The molecule has 1 aliphatic carbocycles. The van der Waals surface area contributed by atoms with Crippen molar-refractivity contribution in [3.63, 3.8) is 0 Å². The Labute approximate surface area is 225 Å². The fourth-order valence-electron chi connectivity index (χ4n) is 4.46. The molecule has 2 amide bonds. The third-order valence-electron chi connectivity index (χ3n) is 6.32. The Morgan fingerprint density at radius 2 is 1.62 bits per heavy atom. The van der Waals surface area contributed by atoms with Crippen LogP contribution in [0.5, 0.6) is 5.75 Å². The molecule has 2 aromatic carbocycles. The molecule has 0 saturated heterocycles. The summed E-state index contributed by atoms with van der Waals surface area (Å²) in [6.07, 6.45) is -1.12. The van der Waals surface area contributed by atoms with Crippen LogP contribution in [0.4, 0.5) is 30.7 Å². The zero-order valence-corrected chi connectivity index (χ0v) is 21.1. The number of alkyl halides is 3. The largest absolute Gasteiger partial charge is 0.573 e. The Kier molecular flexibility index (Phi) is 10.3. The van der Waals surface area contributed by atoms with Gasteiger partial charge in [-0.1, -0.05) is 38.2 Å². The van der Waals surface area contributed by atoms with E-state index in [0.717, 1.165) is 44.2 Å². The Morgan fingerprint density at radius 1 is 0.975 bits per heavy atom. The van der Waals surface area contributed by atoms with E-state index >= 15 is 0 Å². The highest BCUT2D eigenvalue weighted by Gasteiger charge is 2.32. The van der Waals surface area contributed by atoms with E-state index in [2.05, 4.69) is 20.7 Å². The molecular weight excluding hydrogens is 549 g/mol. The number of guanidine groups is 1. The second-order valence-corrected chi connectivity index (χ2v) is 9.41. The third-order valence-corrected chi connectivity index (χ3v) is 6.32. The monoisotopic (exact) mass is 576 g/mol. The van der Waals surface area contributed by atoms with Gasteiger partial charge >= 0.3 is 6.36 Å². The number of nitrogens with one attached hydrogen (secondary N) is 4. The molecule has 1 fully saturated rings. The Balaban J connectivity index is 1.64. The molecule has 40 heavy (non-hydrogen) atoms. The summed E-state index contributed by atoms with van der Waals surface area (Å²) in [6, 6.07) is 2.50. The van der Waals surface area contributed by atoms with E-state index in [1.165, 1.54) is 6.07 Å². The smallest absolute Gasteiger partial charge is 0.403 e. The highest BCUT2D eigenvalue weighted by atomic mass is 19.4. The van der Waals surface area contributed by atoms with Crippen LogP contribution in [-0.2, 0) is 22.6 Å². The third kappa shape index (κ3) is 9.42. The quantitative estimate of drug-likeness (QED) is 0.192. The van der Waals surface area contributed by atoms with Gasteiger partial charge in [-0.2, -0.15) is 0 Å². The lowest BCUT2D eigenvalue weighted by Gasteiger charge is -2.27. The van der Waals surface area contributed by atoms with Crippen molar-refractivity contribution < 1.29 is 45.1 Å². The number of hydrogen-bond acceptors (Lipinski definition) is 4. The van der Waals surface area contributed by atoms with Crippen LogP contribution >= 0.6 is 0 Å². The van der Waals surface area contributed by atoms with Crippen molar-refractivity contribution in [2.75, 3.05) is 0 Å². The lowest BCUT2D eigenvalue weighted by atomic mass is 9.84. The van der Waals surface area contributed by atoms with Gasteiger partial charge < -0.3 is 15.4 Å². The van der Waals surface area contributed by atoms with Gasteiger partial charge in [0.2, 0.25) is 11.8 Å². The maximum Gasteiger partial charge on any atom is 0.573 e. The van der Waals surface area contributed by atoms with E-state index in [1.807, 2.05) is 0 Å². The maximum atomic E-state index is 13.9. The summed E-state index contributed by atoms with van der Waals surface area (Å²) in [5.74, 6) is -8.17. The van der Waals surface area contributed by atoms with Crippen LogP contribution in [0.1, 0.15) is 49.7 Å². The zero-order chi connectivity index (χ0) is 29.4. The topological polar surface area (TPSA) is 103 Å². The van der Waals surface area contributed by atoms with Gasteiger partial charge in [-0.05, 0) is 30.0 Å². The molecule has 0 spiro atoms. The molecule has 218 valence electrons. The first-order valence-corrected chi connectivity index (χ1v) is 12.4. The predicted octanol–water partition coefficient (Wildman–Crippen LogP) is 4.98. The minimum Gasteiger partial charge on any atom is -0.403 e. The normalized spacial score (nSPS) is 14.8. The number of ether oxygens (including phenoxy) is 1. The van der Waals surface area contributed by atoms with Gasteiger partial charge in [0.1, 0.15) is 23.5 Å². The number of rotatable bonds is 9. The number of benzene rings is 2. The molecular formula is C26H27F7N4O3. The summed E-state index contributed by atoms with van der Waals surface area (Å²) in [4.78, 5) is 25.3. The molecule has 7 nitrogen and oxygen atoms in total. The first-order valence-electron chi connectivity index (χ1n) is 12.4. The minimum atomic E-state index is -5.11. The molecule has 4 N–H and O–H groups in total.